The van der Waals surface area contributed by atoms with Crippen molar-refractivity contribution in [2.75, 3.05) is 0 Å². The minimum atomic E-state index is -0.267. The fourth-order valence-corrected chi connectivity index (χ4v) is 6.35. The summed E-state index contributed by atoms with van der Waals surface area (Å²) in [6.07, 6.45) is 10.6. The second kappa shape index (κ2) is 6.48. The van der Waals surface area contributed by atoms with Crippen LogP contribution < -0.4 is 0 Å². The number of fused-ring (bicyclic) bond motifs is 1. The molecule has 0 aliphatic heterocycles. The minimum absolute atomic E-state index is 0.0518. The van der Waals surface area contributed by atoms with Gasteiger partial charge in [-0.05, 0) is 62.7 Å². The normalized spacial score (nSPS) is 42.9. The van der Waals surface area contributed by atoms with E-state index in [1.807, 2.05) is 0 Å². The number of aliphatic hydroxyl groups excluding tert-OH is 2. The maximum atomic E-state index is 12.7. The van der Waals surface area contributed by atoms with E-state index in [1.165, 1.54) is 19.3 Å². The van der Waals surface area contributed by atoms with E-state index >= 15 is 0 Å². The van der Waals surface area contributed by atoms with Crippen LogP contribution in [0.4, 0.5) is 0 Å². The first-order chi connectivity index (χ1) is 11.0. The van der Waals surface area contributed by atoms with Gasteiger partial charge in [0, 0.05) is 11.3 Å². The number of carbonyl (C=O) groups is 1. The molecule has 0 spiro atoms. The SMILES string of the molecule is CCC12CCC(O)CC1(CCC(O)C1CCCCC1)C(C)C2=O. The standard InChI is InChI=1S/C20H34O3/c1-3-19-11-9-16(21)13-20(19,14(2)18(19)23)12-10-17(22)15-7-5-4-6-8-15/h14-17,21-22H,3-13H2,1-2H3. The van der Waals surface area contributed by atoms with Crippen LogP contribution in [0, 0.1) is 22.7 Å². The van der Waals surface area contributed by atoms with Crippen LogP contribution in [0.5, 0.6) is 0 Å². The van der Waals surface area contributed by atoms with Crippen LogP contribution in [0.2, 0.25) is 0 Å². The predicted octanol–water partition coefficient (Wildman–Crippen LogP) is 3.85. The van der Waals surface area contributed by atoms with E-state index in [4.69, 9.17) is 0 Å². The van der Waals surface area contributed by atoms with Crippen LogP contribution in [0.3, 0.4) is 0 Å². The lowest BCUT2D eigenvalue weighted by Gasteiger charge is -2.66. The third-order valence-corrected chi connectivity index (χ3v) is 7.83. The first kappa shape index (κ1) is 17.4. The maximum absolute atomic E-state index is 12.7. The summed E-state index contributed by atoms with van der Waals surface area (Å²) in [6, 6.07) is 0. The summed E-state index contributed by atoms with van der Waals surface area (Å²) in [5.74, 6) is 0.922. The van der Waals surface area contributed by atoms with Crippen molar-refractivity contribution in [1.82, 2.24) is 0 Å². The number of rotatable bonds is 5. The predicted molar refractivity (Wildman–Crippen MR) is 91.0 cm³/mol. The van der Waals surface area contributed by atoms with Gasteiger partial charge in [-0.3, -0.25) is 4.79 Å². The molecule has 3 rings (SSSR count). The number of carbonyl (C=O) groups excluding carboxylic acids is 1. The molecular weight excluding hydrogens is 288 g/mol. The third kappa shape index (κ3) is 2.59. The molecule has 0 saturated heterocycles. The molecule has 0 radical (unpaired) electrons. The van der Waals surface area contributed by atoms with Crippen LogP contribution in [0.15, 0.2) is 0 Å². The summed E-state index contributed by atoms with van der Waals surface area (Å²) in [7, 11) is 0. The fourth-order valence-electron chi connectivity index (χ4n) is 6.35. The van der Waals surface area contributed by atoms with Crippen molar-refractivity contribution in [2.45, 2.75) is 96.7 Å². The lowest BCUT2D eigenvalue weighted by atomic mass is 9.36. The number of ketones is 1. The maximum Gasteiger partial charge on any atom is 0.142 e. The zero-order valence-electron chi connectivity index (χ0n) is 14.9. The summed E-state index contributed by atoms with van der Waals surface area (Å²) in [6.45, 7) is 4.19. The lowest BCUT2D eigenvalue weighted by molar-refractivity contribution is -0.201. The van der Waals surface area contributed by atoms with E-state index < -0.39 is 0 Å². The van der Waals surface area contributed by atoms with Crippen molar-refractivity contribution in [3.8, 4) is 0 Å². The summed E-state index contributed by atoms with van der Waals surface area (Å²) in [4.78, 5) is 12.7. The Balaban J connectivity index is 1.71. The van der Waals surface area contributed by atoms with Gasteiger partial charge in [0.1, 0.15) is 5.78 Å². The molecule has 3 aliphatic carbocycles. The molecule has 0 aromatic heterocycles. The largest absolute Gasteiger partial charge is 0.393 e. The van der Waals surface area contributed by atoms with E-state index in [-0.39, 0.29) is 29.0 Å². The Morgan fingerprint density at radius 1 is 1.22 bits per heavy atom. The quantitative estimate of drug-likeness (QED) is 0.808. The molecule has 3 fully saturated rings. The molecule has 0 heterocycles. The van der Waals surface area contributed by atoms with Gasteiger partial charge >= 0.3 is 0 Å². The lowest BCUT2D eigenvalue weighted by Crippen LogP contribution is -2.68. The number of hydrogen-bond donors (Lipinski definition) is 2. The van der Waals surface area contributed by atoms with Crippen LogP contribution in [0.25, 0.3) is 0 Å². The van der Waals surface area contributed by atoms with Gasteiger partial charge in [0.05, 0.1) is 12.2 Å². The van der Waals surface area contributed by atoms with Gasteiger partial charge < -0.3 is 10.2 Å². The molecule has 0 aromatic carbocycles. The van der Waals surface area contributed by atoms with Gasteiger partial charge in [-0.1, -0.05) is 33.1 Å². The Morgan fingerprint density at radius 2 is 1.91 bits per heavy atom. The van der Waals surface area contributed by atoms with Gasteiger partial charge in [0.2, 0.25) is 0 Å². The Labute approximate surface area is 140 Å². The molecule has 5 unspecified atom stereocenters. The van der Waals surface area contributed by atoms with Crippen LogP contribution in [0.1, 0.15) is 84.5 Å². The summed E-state index contributed by atoms with van der Waals surface area (Å²) in [5, 5.41) is 20.9. The molecule has 5 atom stereocenters. The zero-order chi connectivity index (χ0) is 16.7. The van der Waals surface area contributed by atoms with Crippen molar-refractivity contribution in [3.05, 3.63) is 0 Å². The molecule has 3 nitrogen and oxygen atoms in total. The number of aliphatic hydroxyl groups is 2. The summed E-state index contributed by atoms with van der Waals surface area (Å²) in [5.41, 5.74) is -0.274. The van der Waals surface area contributed by atoms with Gasteiger partial charge in [-0.15, -0.1) is 0 Å². The van der Waals surface area contributed by atoms with Crippen molar-refractivity contribution in [2.24, 2.45) is 22.7 Å². The Morgan fingerprint density at radius 3 is 2.57 bits per heavy atom. The monoisotopic (exact) mass is 322 g/mol. The third-order valence-electron chi connectivity index (χ3n) is 7.83. The van der Waals surface area contributed by atoms with E-state index in [9.17, 15) is 15.0 Å². The van der Waals surface area contributed by atoms with Crippen LogP contribution in [-0.2, 0) is 4.79 Å². The molecule has 132 valence electrons. The van der Waals surface area contributed by atoms with Crippen molar-refractivity contribution < 1.29 is 15.0 Å². The van der Waals surface area contributed by atoms with Gasteiger partial charge in [0.15, 0.2) is 0 Å². The molecule has 2 N–H and O–H groups in total. The first-order valence-corrected chi connectivity index (χ1v) is 9.87. The van der Waals surface area contributed by atoms with Crippen molar-refractivity contribution in [3.63, 3.8) is 0 Å². The van der Waals surface area contributed by atoms with Crippen molar-refractivity contribution >= 4 is 5.78 Å². The molecule has 3 aliphatic rings. The van der Waals surface area contributed by atoms with E-state index in [0.29, 0.717) is 11.7 Å². The van der Waals surface area contributed by atoms with E-state index in [0.717, 1.165) is 51.4 Å². The Bertz CT molecular complexity index is 442. The second-order valence-electron chi connectivity index (χ2n) is 8.58. The molecule has 0 aromatic rings. The summed E-state index contributed by atoms with van der Waals surface area (Å²) < 4.78 is 0. The molecule has 0 amide bonds. The molecule has 3 heteroatoms. The molecule has 3 saturated carbocycles. The number of Topliss-reactive ketones (excluding diaryl/α,β-unsaturated/α-hetero) is 1. The van der Waals surface area contributed by atoms with E-state index in [2.05, 4.69) is 13.8 Å². The highest BCUT2D eigenvalue weighted by Crippen LogP contribution is 2.68. The van der Waals surface area contributed by atoms with Crippen molar-refractivity contribution in [1.29, 1.82) is 0 Å². The highest BCUT2D eigenvalue weighted by atomic mass is 16.3. The number of hydrogen-bond acceptors (Lipinski definition) is 3. The highest BCUT2D eigenvalue weighted by molar-refractivity contribution is 5.95. The summed E-state index contributed by atoms with van der Waals surface area (Å²) >= 11 is 0. The molecule has 23 heavy (non-hydrogen) atoms. The van der Waals surface area contributed by atoms with E-state index in [1.54, 1.807) is 0 Å². The Kier molecular flexibility index (Phi) is 4.90. The fraction of sp³-hybridized carbons (Fsp3) is 0.950. The van der Waals surface area contributed by atoms with Gasteiger partial charge in [0.25, 0.3) is 0 Å². The van der Waals surface area contributed by atoms with Gasteiger partial charge in [-0.25, -0.2) is 0 Å². The smallest absolute Gasteiger partial charge is 0.142 e. The topological polar surface area (TPSA) is 57.5 Å². The average molecular weight is 322 g/mol. The average Bonchev–Trinajstić information content (AvgIpc) is 2.59. The second-order valence-corrected chi connectivity index (χ2v) is 8.58. The molecule has 0 bridgehead atoms. The van der Waals surface area contributed by atoms with Gasteiger partial charge in [-0.2, -0.15) is 0 Å². The molecular formula is C20H34O3. The van der Waals surface area contributed by atoms with Crippen LogP contribution >= 0.6 is 0 Å². The highest BCUT2D eigenvalue weighted by Gasteiger charge is 2.69. The first-order valence-electron chi connectivity index (χ1n) is 9.87. The Hall–Kier alpha value is -0.410. The zero-order valence-corrected chi connectivity index (χ0v) is 14.9. The minimum Gasteiger partial charge on any atom is -0.393 e. The van der Waals surface area contributed by atoms with Crippen LogP contribution in [-0.4, -0.2) is 28.2 Å².